The first-order valence-electron chi connectivity index (χ1n) is 17.6. The number of fused-ring (bicyclic) bond motifs is 1. The van der Waals surface area contributed by atoms with Crippen LogP contribution in [0.1, 0.15) is 31.0 Å². The Morgan fingerprint density at radius 1 is 0.897 bits per heavy atom. The smallest absolute Gasteiger partial charge is 0.200 e. The Kier molecular flexibility index (Phi) is 12.9. The Bertz CT molecular complexity index is 1940. The second-order valence-electron chi connectivity index (χ2n) is 14.2. The summed E-state index contributed by atoms with van der Waals surface area (Å²) < 4.78 is 30.7. The predicted octanol–water partition coefficient (Wildman–Crippen LogP) is -2.79. The molecule has 1 aromatic rings. The average Bonchev–Trinajstić information content (AvgIpc) is 3.85. The molecule has 3 fully saturated rings. The topological polar surface area (TPSA) is 373 Å². The molecule has 1 aromatic heterocycles. The van der Waals surface area contributed by atoms with Crippen LogP contribution in [0.15, 0.2) is 76.9 Å². The third kappa shape index (κ3) is 8.00. The number of rotatable bonds is 7. The lowest BCUT2D eigenvalue weighted by Crippen LogP contribution is -2.48. The number of amidine groups is 2. The van der Waals surface area contributed by atoms with Gasteiger partial charge in [-0.15, -0.1) is 0 Å². The first kappa shape index (κ1) is 44.0. The Morgan fingerprint density at radius 2 is 1.48 bits per heavy atom. The van der Waals surface area contributed by atoms with Gasteiger partial charge < -0.3 is 82.1 Å². The molecule has 5 aliphatic heterocycles. The van der Waals surface area contributed by atoms with Crippen molar-refractivity contribution in [2.45, 2.75) is 91.9 Å². The van der Waals surface area contributed by atoms with Crippen molar-refractivity contribution >= 4 is 23.6 Å². The molecule has 316 valence electrons. The van der Waals surface area contributed by atoms with Crippen LogP contribution in [-0.2, 0) is 14.2 Å². The van der Waals surface area contributed by atoms with E-state index in [2.05, 4.69) is 43.1 Å². The average molecular weight is 819 g/mol. The van der Waals surface area contributed by atoms with Crippen molar-refractivity contribution < 1.29 is 59.5 Å². The van der Waals surface area contributed by atoms with Gasteiger partial charge in [0.05, 0.1) is 25.5 Å². The molecule has 6 heterocycles. The molecule has 0 amide bonds. The van der Waals surface area contributed by atoms with Crippen molar-refractivity contribution in [1.29, 1.82) is 0 Å². The van der Waals surface area contributed by atoms with E-state index < -0.39 is 85.4 Å². The van der Waals surface area contributed by atoms with E-state index in [1.54, 1.807) is 6.08 Å². The number of azide groups is 1. The summed E-state index contributed by atoms with van der Waals surface area (Å²) >= 11 is 0. The molecule has 0 aromatic carbocycles. The van der Waals surface area contributed by atoms with Crippen molar-refractivity contribution in [3.63, 3.8) is 0 Å². The van der Waals surface area contributed by atoms with E-state index in [9.17, 15) is 40.1 Å². The van der Waals surface area contributed by atoms with Crippen LogP contribution in [0.4, 0.5) is 10.2 Å². The quantitative estimate of drug-likeness (QED) is 0.0752. The van der Waals surface area contributed by atoms with Gasteiger partial charge in [0, 0.05) is 28.8 Å². The van der Waals surface area contributed by atoms with E-state index >= 15 is 0 Å². The molecule has 3 saturated heterocycles. The van der Waals surface area contributed by atoms with Crippen LogP contribution >= 0.6 is 0 Å². The van der Waals surface area contributed by atoms with Gasteiger partial charge in [-0.3, -0.25) is 0 Å². The van der Waals surface area contributed by atoms with Crippen molar-refractivity contribution in [2.75, 3.05) is 25.6 Å². The fourth-order valence-corrected chi connectivity index (χ4v) is 7.03. The number of nitrogens with two attached hydrogens (primary N) is 3. The van der Waals surface area contributed by atoms with Gasteiger partial charge in [-0.05, 0) is 31.5 Å². The summed E-state index contributed by atoms with van der Waals surface area (Å²) in [6.07, 6.45) is 0.487. The van der Waals surface area contributed by atoms with Crippen molar-refractivity contribution in [1.82, 2.24) is 19.8 Å². The van der Waals surface area contributed by atoms with Crippen LogP contribution in [0.3, 0.4) is 0 Å². The second-order valence-corrected chi connectivity index (χ2v) is 14.2. The monoisotopic (exact) mass is 818 g/mol. The molecule has 14 N–H and O–H groups in total. The molecule has 58 heavy (non-hydrogen) atoms. The zero-order valence-electron chi connectivity index (χ0n) is 31.3. The van der Waals surface area contributed by atoms with E-state index in [1.807, 2.05) is 6.08 Å². The number of halogens is 1. The summed E-state index contributed by atoms with van der Waals surface area (Å²) in [7, 11) is 0. The first-order valence-corrected chi connectivity index (χ1v) is 17.6. The number of aliphatic hydroxyl groups is 8. The number of aliphatic hydroxyl groups excluding tert-OH is 7. The Balaban J connectivity index is 0.000000166. The first-order chi connectivity index (χ1) is 27.3. The van der Waals surface area contributed by atoms with Crippen LogP contribution in [0.2, 0.25) is 0 Å². The lowest BCUT2D eigenvalue weighted by molar-refractivity contribution is -0.130. The maximum absolute atomic E-state index is 14.5. The van der Waals surface area contributed by atoms with Crippen LogP contribution in [-0.4, -0.2) is 164 Å². The number of hydrogen-bond acceptors (Lipinski definition) is 21. The summed E-state index contributed by atoms with van der Waals surface area (Å²) in [4.78, 5) is 21.1. The van der Waals surface area contributed by atoms with Crippen molar-refractivity contribution in [3.8, 4) is 0 Å². The molecule has 0 radical (unpaired) electrons. The molecular weight excluding hydrogens is 771 g/mol. The van der Waals surface area contributed by atoms with Gasteiger partial charge in [-0.2, -0.15) is 0 Å². The SMILES string of the molecule is C=C1N=C(N)C=CN1[C@@H]1O[C@@](CO)(N=[N+]=[N-])[C@H](O)C1O.C=C1N=C(N)C=CN1[C@@H]1O[C@H](CO)[C@H](O)C1(C)F.CC1(O)[C@H](C2C=Cc3c(N)ncnc32)O[C@H](CO)[C@@H]1O. The number of aliphatic imine (C=N–C) groups is 2. The molecule has 23 nitrogen and oxygen atoms in total. The lowest BCUT2D eigenvalue weighted by Gasteiger charge is -2.34. The highest BCUT2D eigenvalue weighted by Gasteiger charge is 2.58. The van der Waals surface area contributed by atoms with E-state index in [0.29, 0.717) is 17.1 Å². The van der Waals surface area contributed by atoms with E-state index in [0.717, 1.165) is 0 Å². The number of nitrogens with zero attached hydrogens (tertiary/aromatic N) is 9. The summed E-state index contributed by atoms with van der Waals surface area (Å²) in [5.74, 6) is 0.907. The minimum absolute atomic E-state index is 0.177. The number of alkyl halides is 1. The minimum Gasteiger partial charge on any atom is -0.394 e. The summed E-state index contributed by atoms with van der Waals surface area (Å²) in [5.41, 5.74) is 21.1. The highest BCUT2D eigenvalue weighted by atomic mass is 19.1. The number of ether oxygens (including phenoxy) is 3. The standard InChI is InChI=1S/C13H17N3O4.C11H16FN3O3.C10H14N6O4/c1-13(19)10(18)8(4-17)20-11(13)6-2-3-7-9(6)15-5-16-12(7)14;1-6-14-8(13)3-4-15(6)10-11(2,12)9(17)7(5-16)18-10;1-5-13-6(11)2-3-16(5)9-7(18)8(19)10(4-17,20-9)14-15-12/h2-3,5-6,8,10-11,17-19H,4H2,1H3,(H2,14,15,16);3-4,7,9-10,16-17H,1,5H2,2H3,(H2,13,14);2-3,7-9,17-19H,1,4H2,(H2,11,13)/t6?,8-,10+,11+,13?;7-,9+,10-,11?;7?,8-,9-,10-/m111/s1. The number of aromatic nitrogens is 2. The summed E-state index contributed by atoms with van der Waals surface area (Å²) in [5, 5.41) is 81.0. The number of anilines is 1. The summed E-state index contributed by atoms with van der Waals surface area (Å²) in [6.45, 7) is 8.38. The minimum atomic E-state index is -2.05. The van der Waals surface area contributed by atoms with Gasteiger partial charge in [0.2, 0.25) is 5.72 Å². The molecule has 7 rings (SSSR count). The summed E-state index contributed by atoms with van der Waals surface area (Å²) in [6, 6.07) is 0. The van der Waals surface area contributed by atoms with Crippen LogP contribution in [0.5, 0.6) is 0 Å². The van der Waals surface area contributed by atoms with Gasteiger partial charge in [-0.1, -0.05) is 30.4 Å². The normalized spacial score (nSPS) is 38.7. The predicted molar refractivity (Wildman–Crippen MR) is 201 cm³/mol. The highest BCUT2D eigenvalue weighted by molar-refractivity contribution is 5.93. The fourth-order valence-electron chi connectivity index (χ4n) is 7.03. The molecule has 6 aliphatic rings. The van der Waals surface area contributed by atoms with Gasteiger partial charge in [0.1, 0.15) is 83.8 Å². The molecule has 4 unspecified atom stereocenters. The Morgan fingerprint density at radius 3 is 2.00 bits per heavy atom. The molecule has 13 atom stereocenters. The van der Waals surface area contributed by atoms with Crippen LogP contribution in [0.25, 0.3) is 16.5 Å². The van der Waals surface area contributed by atoms with Gasteiger partial charge in [-0.25, -0.2) is 24.3 Å². The molecule has 0 spiro atoms. The van der Waals surface area contributed by atoms with Crippen molar-refractivity contribution in [3.05, 3.63) is 83.5 Å². The second kappa shape index (κ2) is 17.0. The van der Waals surface area contributed by atoms with Crippen molar-refractivity contribution in [2.24, 2.45) is 26.6 Å². The highest BCUT2D eigenvalue weighted by Crippen LogP contribution is 2.44. The van der Waals surface area contributed by atoms with Crippen LogP contribution < -0.4 is 17.2 Å². The maximum atomic E-state index is 14.5. The molecule has 24 heteroatoms. The van der Waals surface area contributed by atoms with Gasteiger partial charge in [0.15, 0.2) is 18.1 Å². The Labute approximate surface area is 330 Å². The van der Waals surface area contributed by atoms with E-state index in [-0.39, 0.29) is 35.8 Å². The Hall–Kier alpha value is -5.08. The molecule has 0 bridgehead atoms. The lowest BCUT2D eigenvalue weighted by atomic mass is 9.84. The number of hydrogen-bond donors (Lipinski definition) is 11. The van der Waals surface area contributed by atoms with E-state index in [1.165, 1.54) is 54.5 Å². The zero-order valence-corrected chi connectivity index (χ0v) is 31.3. The van der Waals surface area contributed by atoms with Gasteiger partial charge in [0.25, 0.3) is 0 Å². The third-order valence-electron chi connectivity index (χ3n) is 10.3. The molecule has 1 aliphatic carbocycles. The maximum Gasteiger partial charge on any atom is 0.200 e. The zero-order chi connectivity index (χ0) is 42.9. The third-order valence-corrected chi connectivity index (χ3v) is 10.3. The van der Waals surface area contributed by atoms with E-state index in [4.69, 9.17) is 42.0 Å². The fraction of sp³-hybridized carbons (Fsp3) is 0.529. The molecular formula is C34H47FN12O11. The van der Waals surface area contributed by atoms with Gasteiger partial charge >= 0.3 is 0 Å². The molecule has 0 saturated carbocycles. The number of nitrogen functional groups attached to an aromatic ring is 1. The van der Waals surface area contributed by atoms with Crippen LogP contribution in [0, 0.1) is 0 Å². The largest absolute Gasteiger partial charge is 0.394 e.